The van der Waals surface area contributed by atoms with E-state index in [1.54, 1.807) is 0 Å². The largest absolute Gasteiger partial charge is 0.481 e. The molecule has 4 unspecified atom stereocenters. The quantitative estimate of drug-likeness (QED) is 0.663. The second-order valence-corrected chi connectivity index (χ2v) is 4.62. The lowest BCUT2D eigenvalue weighted by atomic mass is 9.84. The zero-order valence-electron chi connectivity index (χ0n) is 11.1. The fourth-order valence-electron chi connectivity index (χ4n) is 2.77. The Morgan fingerprint density at radius 2 is 1.55 bits per heavy atom. The van der Waals surface area contributed by atoms with Crippen molar-refractivity contribution in [2.24, 2.45) is 23.7 Å². The van der Waals surface area contributed by atoms with Crippen molar-refractivity contribution in [1.82, 2.24) is 0 Å². The summed E-state index contributed by atoms with van der Waals surface area (Å²) in [5, 5.41) is 18.0. The monoisotopic (exact) mass is 288 g/mol. The van der Waals surface area contributed by atoms with E-state index < -0.39 is 54.0 Å². The van der Waals surface area contributed by atoms with Crippen LogP contribution in [0.2, 0.25) is 0 Å². The minimum absolute atomic E-state index is 0.139. The molecule has 1 aliphatic carbocycles. The fourth-order valence-corrected chi connectivity index (χ4v) is 2.77. The normalized spacial score (nSPS) is 28.7. The standard InChI is InChI=1S/C12H16O8/c1-19-11(17)7-3-6(10(15)16)5(4-8(13)14)9(7)12(18)20-2/h5-7,9H,3-4H2,1-2H3,(H,13,14)(H,15,16). The molecule has 112 valence electrons. The number of aliphatic carboxylic acids is 2. The van der Waals surface area contributed by atoms with Crippen LogP contribution < -0.4 is 0 Å². The first kappa shape index (κ1) is 15.9. The summed E-state index contributed by atoms with van der Waals surface area (Å²) in [5.41, 5.74) is 0. The Morgan fingerprint density at radius 3 is 1.95 bits per heavy atom. The first-order valence-electron chi connectivity index (χ1n) is 5.93. The summed E-state index contributed by atoms with van der Waals surface area (Å²) in [6, 6.07) is 0. The van der Waals surface area contributed by atoms with Crippen LogP contribution in [0.15, 0.2) is 0 Å². The molecule has 0 aliphatic heterocycles. The van der Waals surface area contributed by atoms with Crippen LogP contribution in [0.5, 0.6) is 0 Å². The third kappa shape index (κ3) is 3.06. The highest BCUT2D eigenvalue weighted by molar-refractivity contribution is 5.86. The van der Waals surface area contributed by atoms with Crippen LogP contribution in [0.4, 0.5) is 0 Å². The lowest BCUT2D eigenvalue weighted by Crippen LogP contribution is -2.33. The maximum Gasteiger partial charge on any atom is 0.309 e. The first-order chi connectivity index (χ1) is 9.33. The predicted octanol–water partition coefficient (Wildman–Crippen LogP) is -0.240. The van der Waals surface area contributed by atoms with Crippen molar-refractivity contribution in [2.75, 3.05) is 14.2 Å². The van der Waals surface area contributed by atoms with Crippen molar-refractivity contribution in [3.05, 3.63) is 0 Å². The van der Waals surface area contributed by atoms with Crippen LogP contribution >= 0.6 is 0 Å². The molecule has 2 N–H and O–H groups in total. The molecule has 8 nitrogen and oxygen atoms in total. The highest BCUT2D eigenvalue weighted by Gasteiger charge is 2.54. The zero-order chi connectivity index (χ0) is 15.4. The van der Waals surface area contributed by atoms with Gasteiger partial charge in [0, 0.05) is 6.42 Å². The van der Waals surface area contributed by atoms with Gasteiger partial charge in [-0.25, -0.2) is 0 Å². The van der Waals surface area contributed by atoms with Crippen molar-refractivity contribution in [3.8, 4) is 0 Å². The van der Waals surface area contributed by atoms with Gasteiger partial charge in [-0.15, -0.1) is 0 Å². The van der Waals surface area contributed by atoms with Gasteiger partial charge in [0.2, 0.25) is 0 Å². The summed E-state index contributed by atoms with van der Waals surface area (Å²) in [7, 11) is 2.22. The summed E-state index contributed by atoms with van der Waals surface area (Å²) in [6.07, 6.45) is -0.663. The van der Waals surface area contributed by atoms with Gasteiger partial charge in [-0.05, 0) is 12.3 Å². The summed E-state index contributed by atoms with van der Waals surface area (Å²) in [6.45, 7) is 0. The second-order valence-electron chi connectivity index (χ2n) is 4.62. The SMILES string of the molecule is COC(=O)C1CC(C(=O)O)C(CC(=O)O)C1C(=O)OC. The lowest BCUT2D eigenvalue weighted by molar-refractivity contribution is -0.158. The summed E-state index contributed by atoms with van der Waals surface area (Å²) < 4.78 is 9.12. The Morgan fingerprint density at radius 1 is 1.00 bits per heavy atom. The number of hydrogen-bond donors (Lipinski definition) is 2. The van der Waals surface area contributed by atoms with E-state index in [1.165, 1.54) is 0 Å². The van der Waals surface area contributed by atoms with E-state index in [-0.39, 0.29) is 6.42 Å². The van der Waals surface area contributed by atoms with E-state index in [9.17, 15) is 19.2 Å². The number of carboxylic acid groups (broad SMARTS) is 2. The van der Waals surface area contributed by atoms with Crippen LogP contribution in [-0.4, -0.2) is 48.3 Å². The molecule has 0 spiro atoms. The molecule has 4 atom stereocenters. The lowest BCUT2D eigenvalue weighted by Gasteiger charge is -2.21. The molecule has 0 radical (unpaired) electrons. The van der Waals surface area contributed by atoms with E-state index >= 15 is 0 Å². The maximum atomic E-state index is 11.8. The zero-order valence-corrected chi connectivity index (χ0v) is 11.1. The van der Waals surface area contributed by atoms with Gasteiger partial charge in [-0.1, -0.05) is 0 Å². The molecule has 8 heteroatoms. The molecule has 0 aromatic rings. The molecule has 1 aliphatic rings. The molecule has 0 aromatic carbocycles. The molecule has 20 heavy (non-hydrogen) atoms. The molecule has 1 saturated carbocycles. The van der Waals surface area contributed by atoms with Crippen LogP contribution in [0.25, 0.3) is 0 Å². The number of carbonyl (C=O) groups excluding carboxylic acids is 2. The van der Waals surface area contributed by atoms with Gasteiger partial charge in [-0.2, -0.15) is 0 Å². The van der Waals surface area contributed by atoms with Gasteiger partial charge in [0.15, 0.2) is 0 Å². The number of hydrogen-bond acceptors (Lipinski definition) is 6. The van der Waals surface area contributed by atoms with Crippen LogP contribution in [0, 0.1) is 23.7 Å². The Kier molecular flexibility index (Phi) is 5.06. The number of carboxylic acids is 2. The number of rotatable bonds is 5. The first-order valence-corrected chi connectivity index (χ1v) is 5.93. The van der Waals surface area contributed by atoms with E-state index in [2.05, 4.69) is 9.47 Å². The molecule has 0 aromatic heterocycles. The van der Waals surface area contributed by atoms with Crippen molar-refractivity contribution < 1.29 is 38.9 Å². The number of esters is 2. The molecule has 0 heterocycles. The van der Waals surface area contributed by atoms with E-state index in [0.717, 1.165) is 14.2 Å². The molecule has 0 bridgehead atoms. The Balaban J connectivity index is 3.16. The molecular formula is C12H16O8. The third-order valence-electron chi connectivity index (χ3n) is 3.62. The third-order valence-corrected chi connectivity index (χ3v) is 3.62. The van der Waals surface area contributed by atoms with E-state index in [1.807, 2.05) is 0 Å². The van der Waals surface area contributed by atoms with Gasteiger partial charge < -0.3 is 19.7 Å². The number of ether oxygens (including phenoxy) is 2. The smallest absolute Gasteiger partial charge is 0.309 e. The Bertz CT molecular complexity index is 429. The molecule has 0 saturated heterocycles. The van der Waals surface area contributed by atoms with Gasteiger partial charge in [0.05, 0.1) is 32.0 Å². The van der Waals surface area contributed by atoms with Crippen LogP contribution in [0.3, 0.4) is 0 Å². The van der Waals surface area contributed by atoms with Gasteiger partial charge in [0.1, 0.15) is 0 Å². The molecule has 1 fully saturated rings. The van der Waals surface area contributed by atoms with Crippen molar-refractivity contribution in [2.45, 2.75) is 12.8 Å². The van der Waals surface area contributed by atoms with E-state index in [4.69, 9.17) is 10.2 Å². The van der Waals surface area contributed by atoms with Crippen LogP contribution in [-0.2, 0) is 28.7 Å². The summed E-state index contributed by atoms with van der Waals surface area (Å²) in [5.74, 6) is -8.23. The van der Waals surface area contributed by atoms with Crippen molar-refractivity contribution in [1.29, 1.82) is 0 Å². The second kappa shape index (κ2) is 6.36. The van der Waals surface area contributed by atoms with Gasteiger partial charge in [-0.3, -0.25) is 19.2 Å². The minimum atomic E-state index is -1.24. The minimum Gasteiger partial charge on any atom is -0.481 e. The van der Waals surface area contributed by atoms with Gasteiger partial charge in [0.25, 0.3) is 0 Å². The molecule has 1 rings (SSSR count). The van der Waals surface area contributed by atoms with Crippen molar-refractivity contribution in [3.63, 3.8) is 0 Å². The summed E-state index contributed by atoms with van der Waals surface area (Å²) >= 11 is 0. The molecule has 0 amide bonds. The highest BCUT2D eigenvalue weighted by Crippen LogP contribution is 2.44. The highest BCUT2D eigenvalue weighted by atomic mass is 16.5. The Labute approximate surface area is 114 Å². The average molecular weight is 288 g/mol. The van der Waals surface area contributed by atoms with Gasteiger partial charge >= 0.3 is 23.9 Å². The Hall–Kier alpha value is -2.12. The predicted molar refractivity (Wildman–Crippen MR) is 62.5 cm³/mol. The van der Waals surface area contributed by atoms with Crippen molar-refractivity contribution >= 4 is 23.9 Å². The maximum absolute atomic E-state index is 11.8. The summed E-state index contributed by atoms with van der Waals surface area (Å²) in [4.78, 5) is 45.5. The molecular weight excluding hydrogens is 272 g/mol. The average Bonchev–Trinajstić information content (AvgIpc) is 2.75. The fraction of sp³-hybridized carbons (Fsp3) is 0.667. The number of carbonyl (C=O) groups is 4. The van der Waals surface area contributed by atoms with E-state index in [0.29, 0.717) is 0 Å². The van der Waals surface area contributed by atoms with Crippen LogP contribution in [0.1, 0.15) is 12.8 Å². The number of methoxy groups -OCH3 is 2. The topological polar surface area (TPSA) is 127 Å².